The number of carbonyl (C=O) groups excluding carboxylic acids is 2. The molecule has 10 atom stereocenters. The Labute approximate surface area is 497 Å². The van der Waals surface area contributed by atoms with Gasteiger partial charge in [-0.25, -0.2) is 9.59 Å². The number of aliphatic hydroxyl groups excluding tert-OH is 3. The van der Waals surface area contributed by atoms with E-state index in [1.54, 1.807) is 19.1 Å². The number of allylic oxidation sites excluding steroid dienone is 3. The summed E-state index contributed by atoms with van der Waals surface area (Å²) >= 11 is 0. The van der Waals surface area contributed by atoms with Crippen LogP contribution in [0.3, 0.4) is 0 Å². The van der Waals surface area contributed by atoms with E-state index in [0.29, 0.717) is 48.6 Å². The standard InChI is InChI=1S/C74H76O11/c1-45(42-76)57-26-21-46-22-27-59-50(36-46)15-9-12-34-74(56-39-51-24-23-47-14-7-8-20-58(47)62(51)41-56)70(84-71(57)79)69(67-64(85-74)30-29-61-63(43-77)66(72(80)83-68(61)67)52(31-35-75)44-81-2)82-65(78)40-53-37-49(25-28-60(53)59)48-16-13-19-55(38-48)73(32-10-4-11-33-73)54-17-5-3-6-18-54/h3,5-8,13-14,16-20,22-25,27-30,36,38,49,51-53,56,60,62,69-70,75-77H,4,10-11,15,21,26,31-35,37,39-44H2,1-2H3. The van der Waals surface area contributed by atoms with Crippen LogP contribution in [0, 0.1) is 29.6 Å². The Bertz CT molecular complexity index is 3750. The number of methoxy groups -OCH3 is 1. The zero-order valence-corrected chi connectivity index (χ0v) is 48.7. The summed E-state index contributed by atoms with van der Waals surface area (Å²) in [6, 6.07) is 38.6. The van der Waals surface area contributed by atoms with Gasteiger partial charge < -0.3 is 38.7 Å². The highest BCUT2D eigenvalue weighted by molar-refractivity contribution is 5.90. The van der Waals surface area contributed by atoms with E-state index in [1.165, 1.54) is 35.8 Å². The lowest BCUT2D eigenvalue weighted by molar-refractivity contribution is -0.202. The molecule has 10 unspecified atom stereocenters. The van der Waals surface area contributed by atoms with E-state index in [0.717, 1.165) is 47.9 Å². The van der Waals surface area contributed by atoms with Crippen molar-refractivity contribution in [3.8, 4) is 17.6 Å². The van der Waals surface area contributed by atoms with Crippen molar-refractivity contribution in [1.29, 1.82) is 0 Å². The number of hydrogen-bond acceptors (Lipinski definition) is 11. The molecule has 85 heavy (non-hydrogen) atoms. The lowest BCUT2D eigenvalue weighted by atomic mass is 9.64. The zero-order chi connectivity index (χ0) is 58.4. The molecule has 5 aromatic carbocycles. The third kappa shape index (κ3) is 10.3. The highest BCUT2D eigenvalue weighted by Crippen LogP contribution is 2.59. The second-order valence-corrected chi connectivity index (χ2v) is 25.2. The Balaban J connectivity index is 1.00. The van der Waals surface area contributed by atoms with E-state index in [4.69, 9.17) is 23.4 Å². The van der Waals surface area contributed by atoms with Crippen molar-refractivity contribution in [2.75, 3.05) is 26.9 Å². The maximum atomic E-state index is 15.9. The van der Waals surface area contributed by atoms with Crippen LogP contribution in [0.15, 0.2) is 148 Å². The van der Waals surface area contributed by atoms with Gasteiger partial charge in [-0.1, -0.05) is 152 Å². The highest BCUT2D eigenvalue weighted by Gasteiger charge is 2.61. The van der Waals surface area contributed by atoms with E-state index in [-0.39, 0.29) is 114 Å². The number of carbonyl (C=O) groups is 2. The van der Waals surface area contributed by atoms with Crippen molar-refractivity contribution in [2.24, 2.45) is 17.8 Å². The van der Waals surface area contributed by atoms with E-state index >= 15 is 9.59 Å². The molecular formula is C74H76O11. The summed E-state index contributed by atoms with van der Waals surface area (Å²) in [5.41, 5.74) is 8.55. The third-order valence-corrected chi connectivity index (χ3v) is 20.6. The molecule has 4 aliphatic carbocycles. The Morgan fingerprint density at radius 3 is 2.44 bits per heavy atom. The highest BCUT2D eigenvalue weighted by atomic mass is 16.6. The van der Waals surface area contributed by atoms with Crippen LogP contribution in [0.1, 0.15) is 175 Å². The van der Waals surface area contributed by atoms with Crippen LogP contribution in [0.5, 0.6) is 5.75 Å². The van der Waals surface area contributed by atoms with Gasteiger partial charge in [-0.05, 0) is 144 Å². The summed E-state index contributed by atoms with van der Waals surface area (Å²) in [5.74, 6) is 5.13. The molecule has 7 aliphatic rings. The monoisotopic (exact) mass is 1140 g/mol. The summed E-state index contributed by atoms with van der Waals surface area (Å²) in [4.78, 5) is 46.2. The van der Waals surface area contributed by atoms with Crippen molar-refractivity contribution in [2.45, 2.75) is 150 Å². The SMILES string of the molecule is COCC(CCO)c1c(CO)c2ccc3c(c2oc1=O)C1OC(=O)CC2CC(c4cccc(C5(c6ccccc6)CCCCC5)c4)C=CC2c2ccc4cc2CC#CCC(C2CC5C=Cc6ccccc6C5C2)(O3)C1OC(=O)C(=C(C)CO)CC4. The first-order valence-corrected chi connectivity index (χ1v) is 31.0. The largest absolute Gasteiger partial charge is 0.481 e. The van der Waals surface area contributed by atoms with Gasteiger partial charge in [0.1, 0.15) is 11.3 Å². The van der Waals surface area contributed by atoms with E-state index in [2.05, 4.69) is 127 Å². The van der Waals surface area contributed by atoms with Crippen LogP contribution in [0.25, 0.3) is 17.0 Å². The number of esters is 2. The van der Waals surface area contributed by atoms with Crippen LogP contribution < -0.4 is 10.4 Å². The smallest absolute Gasteiger partial charge is 0.340 e. The first-order chi connectivity index (χ1) is 41.5. The number of hydrogen-bond donors (Lipinski definition) is 3. The summed E-state index contributed by atoms with van der Waals surface area (Å²) in [7, 11) is 1.51. The average Bonchev–Trinajstić information content (AvgIpc) is 2.21. The normalized spacial score (nSPS) is 27.5. The average molecular weight is 1140 g/mol. The molecule has 1 aromatic heterocycles. The fourth-order valence-corrected chi connectivity index (χ4v) is 16.4. The summed E-state index contributed by atoms with van der Waals surface area (Å²) in [6.45, 7) is 0.627. The molecule has 4 heterocycles. The fraction of sp³-hybridized carbons (Fsp3) is 0.419. The first-order valence-electron chi connectivity index (χ1n) is 31.0. The quantitative estimate of drug-likeness (QED) is 0.0372. The van der Waals surface area contributed by atoms with Crippen molar-refractivity contribution in [3.05, 3.63) is 210 Å². The van der Waals surface area contributed by atoms with Crippen LogP contribution in [0.4, 0.5) is 0 Å². The van der Waals surface area contributed by atoms with Gasteiger partial charge in [0.15, 0.2) is 17.8 Å². The molecule has 13 rings (SSSR count). The lowest BCUT2D eigenvalue weighted by Crippen LogP contribution is -2.60. The number of rotatable bonds is 11. The van der Waals surface area contributed by atoms with Crippen molar-refractivity contribution < 1.29 is 48.3 Å². The molecule has 438 valence electrons. The molecule has 3 N–H and O–H groups in total. The molecule has 3 aliphatic heterocycles. The minimum atomic E-state index is -1.45. The molecule has 0 saturated heterocycles. The van der Waals surface area contributed by atoms with Gasteiger partial charge in [-0.2, -0.15) is 0 Å². The Morgan fingerprint density at radius 1 is 0.800 bits per heavy atom. The molecule has 2 fully saturated rings. The minimum Gasteiger partial charge on any atom is -0.481 e. The summed E-state index contributed by atoms with van der Waals surface area (Å²) in [5, 5.41) is 32.7. The van der Waals surface area contributed by atoms with Gasteiger partial charge >= 0.3 is 17.6 Å². The van der Waals surface area contributed by atoms with Crippen molar-refractivity contribution in [3.63, 3.8) is 0 Å². The molecule has 11 nitrogen and oxygen atoms in total. The van der Waals surface area contributed by atoms with Crippen LogP contribution >= 0.6 is 0 Å². The molecule has 0 radical (unpaired) electrons. The number of aliphatic hydroxyl groups is 3. The number of fused-ring (bicyclic) bond motifs is 12. The predicted molar refractivity (Wildman–Crippen MR) is 326 cm³/mol. The Kier molecular flexibility index (Phi) is 15.9. The second kappa shape index (κ2) is 23.9. The van der Waals surface area contributed by atoms with Gasteiger partial charge in [0.2, 0.25) is 0 Å². The second-order valence-electron chi connectivity index (χ2n) is 25.2. The van der Waals surface area contributed by atoms with E-state index in [1.807, 2.05) is 6.07 Å². The molecule has 5 bridgehead atoms. The van der Waals surface area contributed by atoms with Crippen molar-refractivity contribution in [1.82, 2.24) is 0 Å². The Morgan fingerprint density at radius 2 is 1.62 bits per heavy atom. The lowest BCUT2D eigenvalue weighted by Gasteiger charge is -2.49. The van der Waals surface area contributed by atoms with Crippen LogP contribution in [0.2, 0.25) is 0 Å². The van der Waals surface area contributed by atoms with E-state index < -0.39 is 47.9 Å². The number of ether oxygens (including phenoxy) is 4. The maximum Gasteiger partial charge on any atom is 0.340 e. The molecule has 0 amide bonds. The fourth-order valence-electron chi connectivity index (χ4n) is 16.4. The Hall–Kier alpha value is -7.33. The number of benzene rings is 5. The molecular weight excluding hydrogens is 1060 g/mol. The van der Waals surface area contributed by atoms with Gasteiger partial charge in [-0.3, -0.25) is 4.79 Å². The summed E-state index contributed by atoms with van der Waals surface area (Å²) in [6.07, 6.45) is 15.4. The molecule has 0 spiro atoms. The maximum absolute atomic E-state index is 15.9. The predicted octanol–water partition coefficient (Wildman–Crippen LogP) is 12.9. The third-order valence-electron chi connectivity index (χ3n) is 20.6. The van der Waals surface area contributed by atoms with E-state index in [9.17, 15) is 20.1 Å². The summed E-state index contributed by atoms with van der Waals surface area (Å²) < 4.78 is 33.9. The topological polar surface area (TPSA) is 162 Å². The van der Waals surface area contributed by atoms with Gasteiger partial charge in [0.05, 0.1) is 31.8 Å². The van der Waals surface area contributed by atoms with Crippen LogP contribution in [-0.2, 0) is 48.7 Å². The minimum absolute atomic E-state index is 0.00306. The van der Waals surface area contributed by atoms with Gasteiger partial charge in [-0.15, -0.1) is 0 Å². The molecule has 11 heteroatoms. The first kappa shape index (κ1) is 56.8. The zero-order valence-electron chi connectivity index (χ0n) is 48.7. The molecule has 6 aromatic rings. The number of aryl methyl sites for hydroxylation is 1. The van der Waals surface area contributed by atoms with Crippen molar-refractivity contribution >= 4 is 29.0 Å². The van der Waals surface area contributed by atoms with Gasteiger partial charge in [0.25, 0.3) is 0 Å². The van der Waals surface area contributed by atoms with Gasteiger partial charge in [0, 0.05) is 72.2 Å². The van der Waals surface area contributed by atoms with Crippen LogP contribution in [-0.4, -0.2) is 65.9 Å². The molecule has 2 saturated carbocycles.